The van der Waals surface area contributed by atoms with E-state index in [1.54, 1.807) is 0 Å². The van der Waals surface area contributed by atoms with Gasteiger partial charge in [-0.05, 0) is 32.7 Å². The van der Waals surface area contributed by atoms with Crippen LogP contribution in [0.1, 0.15) is 32.6 Å². The number of ether oxygens (including phenoxy) is 1. The van der Waals surface area contributed by atoms with Gasteiger partial charge in [0.1, 0.15) is 0 Å². The predicted molar refractivity (Wildman–Crippen MR) is 72.7 cm³/mol. The van der Waals surface area contributed by atoms with Crippen molar-refractivity contribution in [3.8, 4) is 0 Å². The fraction of sp³-hybridized carbons (Fsp3) is 0.929. The van der Waals surface area contributed by atoms with Crippen molar-refractivity contribution in [3.05, 3.63) is 0 Å². The van der Waals surface area contributed by atoms with Crippen LogP contribution in [0.15, 0.2) is 0 Å². The number of nitrogens with two attached hydrogens (primary N) is 1. The first-order chi connectivity index (χ1) is 9.11. The zero-order valence-corrected chi connectivity index (χ0v) is 11.7. The minimum atomic E-state index is -0.553. The summed E-state index contributed by atoms with van der Waals surface area (Å²) in [6, 6.07) is 0.661. The SMILES string of the molecule is CC1(C(=O)NC2CCN3CCCCC23)COCC1N. The first-order valence-electron chi connectivity index (χ1n) is 7.49. The van der Waals surface area contributed by atoms with Crippen LogP contribution < -0.4 is 11.1 Å². The summed E-state index contributed by atoms with van der Waals surface area (Å²) in [5, 5.41) is 3.25. The molecule has 0 aromatic heterocycles. The molecule has 3 N–H and O–H groups in total. The van der Waals surface area contributed by atoms with Crippen LogP contribution in [0.5, 0.6) is 0 Å². The molecule has 108 valence electrons. The second-order valence-corrected chi connectivity index (χ2v) is 6.51. The smallest absolute Gasteiger partial charge is 0.230 e. The van der Waals surface area contributed by atoms with Gasteiger partial charge < -0.3 is 15.8 Å². The van der Waals surface area contributed by atoms with Gasteiger partial charge in [-0.1, -0.05) is 6.42 Å². The standard InChI is InChI=1S/C14H25N3O2/c1-14(9-19-8-12(14)15)13(18)16-10-5-7-17-6-3-2-4-11(10)17/h10-12H,2-9,15H2,1H3,(H,16,18). The van der Waals surface area contributed by atoms with Gasteiger partial charge in [0.2, 0.25) is 5.91 Å². The van der Waals surface area contributed by atoms with E-state index < -0.39 is 5.41 Å². The molecule has 3 aliphatic heterocycles. The minimum Gasteiger partial charge on any atom is -0.379 e. The van der Waals surface area contributed by atoms with Crippen molar-refractivity contribution in [2.45, 2.75) is 50.7 Å². The summed E-state index contributed by atoms with van der Waals surface area (Å²) in [4.78, 5) is 15.0. The van der Waals surface area contributed by atoms with Crippen LogP contribution in [-0.2, 0) is 9.53 Å². The van der Waals surface area contributed by atoms with Crippen LogP contribution in [0, 0.1) is 5.41 Å². The highest BCUT2D eigenvalue weighted by Gasteiger charge is 2.46. The Kier molecular flexibility index (Phi) is 3.53. The Morgan fingerprint density at radius 2 is 2.21 bits per heavy atom. The van der Waals surface area contributed by atoms with Gasteiger partial charge in [-0.3, -0.25) is 9.69 Å². The largest absolute Gasteiger partial charge is 0.379 e. The van der Waals surface area contributed by atoms with Crippen LogP contribution in [-0.4, -0.2) is 55.2 Å². The normalized spacial score (nSPS) is 43.2. The first kappa shape index (κ1) is 13.3. The quantitative estimate of drug-likeness (QED) is 0.744. The molecule has 0 radical (unpaired) electrons. The van der Waals surface area contributed by atoms with Crippen molar-refractivity contribution in [2.24, 2.45) is 11.1 Å². The van der Waals surface area contributed by atoms with Crippen LogP contribution in [0.4, 0.5) is 0 Å². The zero-order chi connectivity index (χ0) is 13.5. The third kappa shape index (κ3) is 2.28. The summed E-state index contributed by atoms with van der Waals surface area (Å²) < 4.78 is 5.37. The molecule has 4 atom stereocenters. The van der Waals surface area contributed by atoms with E-state index in [9.17, 15) is 4.79 Å². The lowest BCUT2D eigenvalue weighted by atomic mass is 9.84. The van der Waals surface area contributed by atoms with Crippen LogP contribution in [0.3, 0.4) is 0 Å². The molecule has 3 aliphatic rings. The lowest BCUT2D eigenvalue weighted by molar-refractivity contribution is -0.131. The highest BCUT2D eigenvalue weighted by Crippen LogP contribution is 2.30. The maximum Gasteiger partial charge on any atom is 0.230 e. The van der Waals surface area contributed by atoms with E-state index in [1.807, 2.05) is 6.92 Å². The Labute approximate surface area is 114 Å². The lowest BCUT2D eigenvalue weighted by Crippen LogP contribution is -2.55. The second kappa shape index (κ2) is 5.04. The van der Waals surface area contributed by atoms with E-state index in [1.165, 1.54) is 25.8 Å². The molecule has 3 heterocycles. The minimum absolute atomic E-state index is 0.0786. The number of nitrogens with one attached hydrogen (secondary N) is 1. The van der Waals surface area contributed by atoms with Gasteiger partial charge in [-0.15, -0.1) is 0 Å². The first-order valence-corrected chi connectivity index (χ1v) is 7.49. The van der Waals surface area contributed by atoms with Crippen molar-refractivity contribution in [2.75, 3.05) is 26.3 Å². The van der Waals surface area contributed by atoms with E-state index in [2.05, 4.69) is 10.2 Å². The molecule has 0 aromatic carbocycles. The monoisotopic (exact) mass is 267 g/mol. The van der Waals surface area contributed by atoms with E-state index in [4.69, 9.17) is 10.5 Å². The number of hydrogen-bond donors (Lipinski definition) is 2. The Bertz CT molecular complexity index is 363. The fourth-order valence-electron chi connectivity index (χ4n) is 3.67. The third-order valence-corrected chi connectivity index (χ3v) is 5.21. The molecule has 0 spiro atoms. The molecule has 3 fully saturated rings. The molecule has 0 aromatic rings. The van der Waals surface area contributed by atoms with Crippen molar-refractivity contribution in [1.29, 1.82) is 0 Å². The predicted octanol–water partition coefficient (Wildman–Crippen LogP) is 0.0932. The summed E-state index contributed by atoms with van der Waals surface area (Å²) in [6.07, 6.45) is 4.87. The molecule has 0 aliphatic carbocycles. The number of carbonyl (C=O) groups is 1. The van der Waals surface area contributed by atoms with Gasteiger partial charge in [0.05, 0.1) is 18.6 Å². The van der Waals surface area contributed by atoms with Crippen molar-refractivity contribution < 1.29 is 9.53 Å². The highest BCUT2D eigenvalue weighted by molar-refractivity contribution is 5.84. The lowest BCUT2D eigenvalue weighted by Gasteiger charge is -2.34. The summed E-state index contributed by atoms with van der Waals surface area (Å²) in [7, 11) is 0. The summed E-state index contributed by atoms with van der Waals surface area (Å²) in [6.45, 7) is 5.17. The van der Waals surface area contributed by atoms with Gasteiger partial charge in [-0.2, -0.15) is 0 Å². The van der Waals surface area contributed by atoms with E-state index in [0.717, 1.165) is 13.0 Å². The third-order valence-electron chi connectivity index (χ3n) is 5.21. The van der Waals surface area contributed by atoms with E-state index in [0.29, 0.717) is 25.3 Å². The number of rotatable bonds is 2. The van der Waals surface area contributed by atoms with Crippen LogP contribution >= 0.6 is 0 Å². The maximum absolute atomic E-state index is 12.5. The zero-order valence-electron chi connectivity index (χ0n) is 11.7. The molecule has 5 nitrogen and oxygen atoms in total. The molecular weight excluding hydrogens is 242 g/mol. The van der Waals surface area contributed by atoms with E-state index in [-0.39, 0.29) is 11.9 Å². The summed E-state index contributed by atoms with van der Waals surface area (Å²) in [5.41, 5.74) is 5.47. The molecule has 0 bridgehead atoms. The fourth-order valence-corrected chi connectivity index (χ4v) is 3.67. The van der Waals surface area contributed by atoms with Gasteiger partial charge >= 0.3 is 0 Å². The Hall–Kier alpha value is -0.650. The van der Waals surface area contributed by atoms with Crippen molar-refractivity contribution in [1.82, 2.24) is 10.2 Å². The molecule has 19 heavy (non-hydrogen) atoms. The molecule has 1 amide bonds. The highest BCUT2D eigenvalue weighted by atomic mass is 16.5. The average molecular weight is 267 g/mol. The Balaban J connectivity index is 1.63. The van der Waals surface area contributed by atoms with Gasteiger partial charge in [-0.25, -0.2) is 0 Å². The number of piperidine rings is 1. The number of hydrogen-bond acceptors (Lipinski definition) is 4. The van der Waals surface area contributed by atoms with Gasteiger partial charge in [0, 0.05) is 24.7 Å². The molecule has 3 rings (SSSR count). The molecule has 5 heteroatoms. The second-order valence-electron chi connectivity index (χ2n) is 6.51. The summed E-state index contributed by atoms with van der Waals surface area (Å²) in [5.74, 6) is 0.0786. The number of amides is 1. The van der Waals surface area contributed by atoms with Gasteiger partial charge in [0.25, 0.3) is 0 Å². The van der Waals surface area contributed by atoms with Crippen molar-refractivity contribution in [3.63, 3.8) is 0 Å². The molecule has 4 unspecified atom stereocenters. The average Bonchev–Trinajstić information content (AvgIpc) is 2.96. The summed E-state index contributed by atoms with van der Waals surface area (Å²) >= 11 is 0. The molecule has 0 saturated carbocycles. The molecule has 3 saturated heterocycles. The van der Waals surface area contributed by atoms with Crippen LogP contribution in [0.2, 0.25) is 0 Å². The van der Waals surface area contributed by atoms with E-state index >= 15 is 0 Å². The Morgan fingerprint density at radius 1 is 1.37 bits per heavy atom. The number of fused-ring (bicyclic) bond motifs is 1. The van der Waals surface area contributed by atoms with Crippen molar-refractivity contribution >= 4 is 5.91 Å². The van der Waals surface area contributed by atoms with Gasteiger partial charge in [0.15, 0.2) is 0 Å². The number of carbonyl (C=O) groups excluding carboxylic acids is 1. The molecular formula is C14H25N3O2. The topological polar surface area (TPSA) is 67.6 Å². The maximum atomic E-state index is 12.5. The van der Waals surface area contributed by atoms with Crippen LogP contribution in [0.25, 0.3) is 0 Å². The Morgan fingerprint density at radius 3 is 2.95 bits per heavy atom. The number of nitrogens with zero attached hydrogens (tertiary/aromatic N) is 1.